The predicted octanol–water partition coefficient (Wildman–Crippen LogP) is 2.61. The molecular weight excluding hydrogens is 186 g/mol. The molecule has 0 aliphatic carbocycles. The van der Waals surface area contributed by atoms with Crippen LogP contribution in [0.1, 0.15) is 18.4 Å². The molecule has 80 valence electrons. The molecule has 0 spiro atoms. The summed E-state index contributed by atoms with van der Waals surface area (Å²) in [7, 11) is 4.01. The second-order valence-electron chi connectivity index (χ2n) is 3.90. The van der Waals surface area contributed by atoms with Crippen LogP contribution in [0.4, 0.5) is 5.69 Å². The fraction of sp³-hybridized carbons (Fsp3) is 0.308. The largest absolute Gasteiger partial charge is 0.378 e. The summed E-state index contributed by atoms with van der Waals surface area (Å²) in [5.74, 6) is 0.0960. The Bertz CT molecular complexity index is 351. The molecule has 1 unspecified atom stereocenters. The van der Waals surface area contributed by atoms with E-state index in [0.717, 1.165) is 17.5 Å². The van der Waals surface area contributed by atoms with Gasteiger partial charge in [0, 0.05) is 25.7 Å². The summed E-state index contributed by atoms with van der Waals surface area (Å²) in [4.78, 5) is 12.6. The first-order chi connectivity index (χ1) is 7.06. The van der Waals surface area contributed by atoms with Gasteiger partial charge in [0.15, 0.2) is 0 Å². The Labute approximate surface area is 91.2 Å². The molecular formula is C13H17NO. The fourth-order valence-corrected chi connectivity index (χ4v) is 1.38. The van der Waals surface area contributed by atoms with Gasteiger partial charge >= 0.3 is 0 Å². The van der Waals surface area contributed by atoms with Crippen molar-refractivity contribution < 1.29 is 4.79 Å². The lowest BCUT2D eigenvalue weighted by atomic mass is 9.95. The monoisotopic (exact) mass is 203 g/mol. The predicted molar refractivity (Wildman–Crippen MR) is 64.4 cm³/mol. The number of hydrogen-bond acceptors (Lipinski definition) is 2. The van der Waals surface area contributed by atoms with Crippen LogP contribution < -0.4 is 4.90 Å². The van der Waals surface area contributed by atoms with Gasteiger partial charge in [-0.05, 0) is 23.3 Å². The maximum atomic E-state index is 10.6. The summed E-state index contributed by atoms with van der Waals surface area (Å²) >= 11 is 0. The molecule has 1 aromatic carbocycles. The van der Waals surface area contributed by atoms with Crippen molar-refractivity contribution in [3.8, 4) is 0 Å². The quantitative estimate of drug-likeness (QED) is 0.554. The molecule has 0 heterocycles. The minimum Gasteiger partial charge on any atom is -0.378 e. The summed E-state index contributed by atoms with van der Waals surface area (Å²) in [6.07, 6.45) is 0.824. The van der Waals surface area contributed by atoms with Crippen molar-refractivity contribution in [2.24, 2.45) is 0 Å². The zero-order chi connectivity index (χ0) is 11.4. The van der Waals surface area contributed by atoms with Crippen molar-refractivity contribution in [2.45, 2.75) is 12.8 Å². The van der Waals surface area contributed by atoms with Crippen molar-refractivity contribution in [2.75, 3.05) is 19.0 Å². The Balaban J connectivity index is 2.88. The Morgan fingerprint density at radius 1 is 1.33 bits per heavy atom. The van der Waals surface area contributed by atoms with E-state index in [9.17, 15) is 4.79 Å². The highest BCUT2D eigenvalue weighted by molar-refractivity contribution is 5.74. The number of aldehydes is 1. The first-order valence-corrected chi connectivity index (χ1v) is 4.97. The van der Waals surface area contributed by atoms with Crippen LogP contribution in [0.3, 0.4) is 0 Å². The van der Waals surface area contributed by atoms with Crippen LogP contribution in [-0.2, 0) is 4.79 Å². The number of anilines is 1. The lowest BCUT2D eigenvalue weighted by Gasteiger charge is -2.15. The summed E-state index contributed by atoms with van der Waals surface area (Å²) in [5.41, 5.74) is 2.90. The van der Waals surface area contributed by atoms with Crippen LogP contribution in [0.25, 0.3) is 0 Å². The Morgan fingerprint density at radius 2 is 1.87 bits per heavy atom. The van der Waals surface area contributed by atoms with Gasteiger partial charge in [-0.1, -0.05) is 25.6 Å². The van der Waals surface area contributed by atoms with E-state index in [4.69, 9.17) is 0 Å². The molecule has 0 bridgehead atoms. The van der Waals surface area contributed by atoms with Crippen LogP contribution in [0.2, 0.25) is 0 Å². The zero-order valence-corrected chi connectivity index (χ0v) is 9.53. The molecule has 0 aliphatic rings. The number of carbonyl (C=O) groups excluding carboxylic acids is 1. The second kappa shape index (κ2) is 4.78. The van der Waals surface area contributed by atoms with Crippen molar-refractivity contribution in [1.29, 1.82) is 0 Å². The number of nitrogens with zero attached hydrogens (tertiary/aromatic N) is 1. The Hall–Kier alpha value is -1.57. The van der Waals surface area contributed by atoms with Gasteiger partial charge in [-0.2, -0.15) is 0 Å². The molecule has 0 radical (unpaired) electrons. The smallest absolute Gasteiger partial charge is 0.146 e. The molecule has 1 atom stereocenters. The summed E-state index contributed by atoms with van der Waals surface area (Å²) in [6.45, 7) is 5.72. The lowest BCUT2D eigenvalue weighted by molar-refractivity contribution is -0.105. The third-order valence-electron chi connectivity index (χ3n) is 2.62. The van der Waals surface area contributed by atoms with E-state index in [1.54, 1.807) is 0 Å². The van der Waals surface area contributed by atoms with Gasteiger partial charge in [0.05, 0.1) is 0 Å². The third kappa shape index (κ3) is 2.69. The van der Waals surface area contributed by atoms with E-state index >= 15 is 0 Å². The number of rotatable bonds is 4. The topological polar surface area (TPSA) is 20.3 Å². The number of carbonyl (C=O) groups is 1. The van der Waals surface area contributed by atoms with Crippen LogP contribution in [-0.4, -0.2) is 20.4 Å². The molecule has 0 fully saturated rings. The normalized spacial score (nSPS) is 11.9. The Morgan fingerprint density at radius 3 is 2.27 bits per heavy atom. The van der Waals surface area contributed by atoms with Crippen LogP contribution in [0.15, 0.2) is 36.4 Å². The van der Waals surface area contributed by atoms with Gasteiger partial charge in [0.1, 0.15) is 6.29 Å². The highest BCUT2D eigenvalue weighted by Gasteiger charge is 2.08. The first-order valence-electron chi connectivity index (χ1n) is 4.97. The van der Waals surface area contributed by atoms with E-state index in [2.05, 4.69) is 6.58 Å². The number of hydrogen-bond donors (Lipinski definition) is 0. The molecule has 0 amide bonds. The van der Waals surface area contributed by atoms with E-state index in [1.165, 1.54) is 0 Å². The molecule has 1 rings (SSSR count). The summed E-state index contributed by atoms with van der Waals surface area (Å²) in [5, 5.41) is 0. The van der Waals surface area contributed by atoms with E-state index in [1.807, 2.05) is 50.2 Å². The molecule has 2 heteroatoms. The average Bonchev–Trinajstić information content (AvgIpc) is 2.27. The van der Waals surface area contributed by atoms with Crippen molar-refractivity contribution in [3.05, 3.63) is 42.0 Å². The van der Waals surface area contributed by atoms with Crippen molar-refractivity contribution in [3.63, 3.8) is 0 Å². The van der Waals surface area contributed by atoms with Gasteiger partial charge in [-0.15, -0.1) is 0 Å². The summed E-state index contributed by atoms with van der Waals surface area (Å²) in [6, 6.07) is 8.16. The molecule has 15 heavy (non-hydrogen) atoms. The minimum atomic E-state index is 0.0960. The zero-order valence-electron chi connectivity index (χ0n) is 9.53. The van der Waals surface area contributed by atoms with E-state index < -0.39 is 0 Å². The molecule has 0 saturated carbocycles. The second-order valence-corrected chi connectivity index (χ2v) is 3.90. The van der Waals surface area contributed by atoms with E-state index in [-0.39, 0.29) is 5.92 Å². The highest BCUT2D eigenvalue weighted by Crippen LogP contribution is 2.23. The highest BCUT2D eigenvalue weighted by atomic mass is 16.1. The molecule has 0 N–H and O–H groups in total. The summed E-state index contributed by atoms with van der Waals surface area (Å²) < 4.78 is 0. The van der Waals surface area contributed by atoms with Gasteiger partial charge in [-0.25, -0.2) is 0 Å². The van der Waals surface area contributed by atoms with Crippen LogP contribution in [0, 0.1) is 0 Å². The van der Waals surface area contributed by atoms with Crippen molar-refractivity contribution >= 4 is 12.0 Å². The standard InChI is InChI=1S/C13H17NO/c1-10(9-15)11(2)12-5-7-13(8-6-12)14(3)4/h5-9,11H,1H2,2-4H3. The maximum absolute atomic E-state index is 10.6. The molecule has 2 nitrogen and oxygen atoms in total. The molecule has 0 aromatic heterocycles. The average molecular weight is 203 g/mol. The van der Waals surface area contributed by atoms with Gasteiger partial charge in [0.25, 0.3) is 0 Å². The van der Waals surface area contributed by atoms with Crippen LogP contribution >= 0.6 is 0 Å². The number of benzene rings is 1. The van der Waals surface area contributed by atoms with Gasteiger partial charge < -0.3 is 4.90 Å². The number of allylic oxidation sites excluding steroid dienone is 1. The first kappa shape index (κ1) is 11.5. The minimum absolute atomic E-state index is 0.0960. The maximum Gasteiger partial charge on any atom is 0.146 e. The Kier molecular flexibility index (Phi) is 3.67. The lowest BCUT2D eigenvalue weighted by Crippen LogP contribution is -2.08. The SMILES string of the molecule is C=C(C=O)C(C)c1ccc(N(C)C)cc1. The fourth-order valence-electron chi connectivity index (χ4n) is 1.38. The van der Waals surface area contributed by atoms with Gasteiger partial charge in [0.2, 0.25) is 0 Å². The molecule has 1 aromatic rings. The van der Waals surface area contributed by atoms with E-state index in [0.29, 0.717) is 5.57 Å². The van der Waals surface area contributed by atoms with Gasteiger partial charge in [-0.3, -0.25) is 4.79 Å². The molecule has 0 saturated heterocycles. The van der Waals surface area contributed by atoms with Crippen LogP contribution in [0.5, 0.6) is 0 Å². The molecule has 0 aliphatic heterocycles. The third-order valence-corrected chi connectivity index (χ3v) is 2.62. The van der Waals surface area contributed by atoms with Crippen molar-refractivity contribution in [1.82, 2.24) is 0 Å².